The largest absolute Gasteiger partial charge is 0.494 e. The van der Waals surface area contributed by atoms with Gasteiger partial charge in [-0.15, -0.1) is 0 Å². The van der Waals surface area contributed by atoms with E-state index in [0.717, 1.165) is 12.4 Å². The first kappa shape index (κ1) is 33.1. The van der Waals surface area contributed by atoms with Crippen LogP contribution < -0.4 is 4.74 Å². The highest BCUT2D eigenvalue weighted by Gasteiger charge is 1.94. The summed E-state index contributed by atoms with van der Waals surface area (Å²) in [6.45, 7) is 8.64. The summed E-state index contributed by atoms with van der Waals surface area (Å²) in [6, 6.07) is 8.31. The van der Waals surface area contributed by atoms with Gasteiger partial charge in [-0.3, -0.25) is 0 Å². The normalized spacial score (nSPS) is 7.20. The number of aryl methyl sites for hydroxylation is 1. The second-order valence-electron chi connectivity index (χ2n) is 7.14. The average molecular weight is 483 g/mol. The molecule has 2 N–H and O–H groups in total. The number of ether oxygens (including phenoxy) is 1. The lowest BCUT2D eigenvalue weighted by Crippen LogP contribution is -1.97. The zero-order valence-corrected chi connectivity index (χ0v) is 21.6. The van der Waals surface area contributed by atoms with Crippen LogP contribution in [0.5, 0.6) is 5.75 Å². The van der Waals surface area contributed by atoms with Crippen molar-refractivity contribution in [2.45, 2.75) is 79.1 Å². The molecule has 0 aliphatic rings. The second kappa shape index (κ2) is 27.9. The minimum Gasteiger partial charge on any atom is -0.494 e. The third-order valence-corrected chi connectivity index (χ3v) is 4.23. The molecule has 0 saturated heterocycles. The van der Waals surface area contributed by atoms with Crippen molar-refractivity contribution >= 4 is 0 Å². The lowest BCUT2D eigenvalue weighted by Gasteiger charge is -2.06. The molecule has 0 aliphatic heterocycles. The maximum absolute atomic E-state index is 5.71. The van der Waals surface area contributed by atoms with Gasteiger partial charge in [-0.2, -0.15) is 0 Å². The number of hydrogen-bond acceptors (Lipinski definition) is 1. The quantitative estimate of drug-likeness (QED) is 0.246. The molecule has 1 rings (SSSR count). The molecule has 0 saturated carbocycles. The molecule has 0 aromatic heterocycles. The van der Waals surface area contributed by atoms with E-state index in [4.69, 9.17) is 4.74 Å². The van der Waals surface area contributed by atoms with Crippen molar-refractivity contribution in [3.63, 3.8) is 0 Å². The van der Waals surface area contributed by atoms with Gasteiger partial charge in [0.25, 0.3) is 0 Å². The van der Waals surface area contributed by atoms with Crippen LogP contribution in [-0.4, -0.2) is 12.1 Å². The number of rotatable bonds is 10. The van der Waals surface area contributed by atoms with E-state index < -0.39 is 0 Å². The highest BCUT2D eigenvalue weighted by Crippen LogP contribution is 2.13. The predicted octanol–water partition coefficient (Wildman–Crippen LogP) is 7.95. The summed E-state index contributed by atoms with van der Waals surface area (Å²) in [4.78, 5) is 0. The fourth-order valence-corrected chi connectivity index (χ4v) is 2.50. The Morgan fingerprint density at radius 2 is 0.943 bits per heavy atom. The van der Waals surface area contributed by atoms with Crippen molar-refractivity contribution < 1.29 is 23.1 Å². The Balaban J connectivity index is -0.0000000450. The molecule has 2 nitrogen and oxygen atoms in total. The average Bonchev–Trinajstić information content (AvgIpc) is 2.85. The molecular formula is C33H54O2. The van der Waals surface area contributed by atoms with Crippen LogP contribution >= 0.6 is 0 Å². The van der Waals surface area contributed by atoms with Crippen LogP contribution in [-0.2, 0) is 0 Å². The maximum atomic E-state index is 5.71. The Labute approximate surface area is 227 Å². The van der Waals surface area contributed by atoms with E-state index in [0.29, 0.717) is 0 Å². The Kier molecular flexibility index (Phi) is 26.4. The lowest BCUT2D eigenvalue weighted by molar-refractivity contribution is 0.304. The van der Waals surface area contributed by atoms with Crippen molar-refractivity contribution in [2.24, 2.45) is 0 Å². The standard InChI is InChI=1S/C17H28O.C16H6.H2O.9H2/c1-3-4-5-6-7-8-9-10-15-18-17-13-11-16(2)12-14-17;1-3-5-7-9-11-13-15-16-14-12-10-8-6-4-2;;;;;;;;;;/h11-14H,3-10,15H2,1-2H3;1-2H3;1H2;9*1H. The van der Waals surface area contributed by atoms with Crippen LogP contribution in [0, 0.1) is 89.8 Å². The van der Waals surface area contributed by atoms with E-state index in [-0.39, 0.29) is 18.3 Å². The van der Waals surface area contributed by atoms with E-state index in [9.17, 15) is 0 Å². The molecule has 1 aromatic carbocycles. The van der Waals surface area contributed by atoms with Crippen molar-refractivity contribution in [1.29, 1.82) is 0 Å². The summed E-state index contributed by atoms with van der Waals surface area (Å²) in [5.41, 5.74) is 1.29. The predicted molar refractivity (Wildman–Crippen MR) is 168 cm³/mol. The molecule has 35 heavy (non-hydrogen) atoms. The van der Waals surface area contributed by atoms with Crippen molar-refractivity contribution in [1.82, 2.24) is 0 Å². The molecule has 0 fully saturated rings. The number of unbranched alkanes of at least 4 members (excludes halogenated alkanes) is 7. The van der Waals surface area contributed by atoms with E-state index in [2.05, 4.69) is 121 Å². The van der Waals surface area contributed by atoms with Crippen LogP contribution in [0.3, 0.4) is 0 Å². The molecule has 0 aliphatic carbocycles. The van der Waals surface area contributed by atoms with E-state index in [1.807, 2.05) is 0 Å². The van der Waals surface area contributed by atoms with E-state index in [1.165, 1.54) is 56.9 Å². The highest BCUT2D eigenvalue weighted by molar-refractivity contribution is 5.45. The van der Waals surface area contributed by atoms with Gasteiger partial charge < -0.3 is 10.2 Å². The fraction of sp³-hybridized carbons (Fsp3) is 0.394. The molecular weight excluding hydrogens is 428 g/mol. The Hall–Kier alpha value is -4.10. The monoisotopic (exact) mass is 482 g/mol. The molecule has 1 aromatic rings. The van der Waals surface area contributed by atoms with E-state index in [1.54, 1.807) is 13.8 Å². The third-order valence-electron chi connectivity index (χ3n) is 4.23. The summed E-state index contributed by atoms with van der Waals surface area (Å²) in [7, 11) is 0. The van der Waals surface area contributed by atoms with E-state index >= 15 is 0 Å². The van der Waals surface area contributed by atoms with Crippen molar-refractivity contribution in [2.75, 3.05) is 6.61 Å². The van der Waals surface area contributed by atoms with Crippen LogP contribution in [0.1, 0.15) is 90.5 Å². The van der Waals surface area contributed by atoms with Gasteiger partial charge in [-0.1, -0.05) is 81.4 Å². The Bertz CT molecular complexity index is 1090. The second-order valence-corrected chi connectivity index (χ2v) is 7.14. The summed E-state index contributed by atoms with van der Waals surface area (Å²) in [5.74, 6) is 36.6. The van der Waals surface area contributed by atoms with Gasteiger partial charge in [-0.05, 0) is 110 Å². The minimum atomic E-state index is 0. The summed E-state index contributed by atoms with van der Waals surface area (Å²) in [6.07, 6.45) is 10.8. The summed E-state index contributed by atoms with van der Waals surface area (Å²) < 4.78 is 5.71. The van der Waals surface area contributed by atoms with Gasteiger partial charge in [0.2, 0.25) is 0 Å². The lowest BCUT2D eigenvalue weighted by atomic mass is 10.1. The number of hydrogen-bond donors (Lipinski definition) is 0. The Morgan fingerprint density at radius 3 is 1.34 bits per heavy atom. The third kappa shape index (κ3) is 26.0. The van der Waals surface area contributed by atoms with Crippen LogP contribution in [0.15, 0.2) is 24.3 Å². The van der Waals surface area contributed by atoms with Gasteiger partial charge >= 0.3 is 0 Å². The van der Waals surface area contributed by atoms with Crippen molar-refractivity contribution in [3.05, 3.63) is 29.8 Å². The smallest absolute Gasteiger partial charge is 0.119 e. The van der Waals surface area contributed by atoms with Gasteiger partial charge in [0.1, 0.15) is 5.75 Å². The van der Waals surface area contributed by atoms with Crippen molar-refractivity contribution in [3.8, 4) is 88.6 Å². The fourth-order valence-electron chi connectivity index (χ4n) is 2.50. The SMILES string of the molecule is CC#CC#CC#CC#CC#CC#CC#CC.CCCCCCCCCCOc1ccc(C)cc1.O.[HH].[HH].[HH].[HH].[HH].[HH].[HH].[HH].[HH]. The van der Waals surface area contributed by atoms with Gasteiger partial charge in [0, 0.05) is 12.8 Å². The molecule has 2 heteroatoms. The highest BCUT2D eigenvalue weighted by atomic mass is 16.5. The first-order valence-corrected chi connectivity index (χ1v) is 11.8. The number of benzene rings is 1. The van der Waals surface area contributed by atoms with Gasteiger partial charge in [-0.25, -0.2) is 0 Å². The minimum absolute atomic E-state index is 0. The van der Waals surface area contributed by atoms with Crippen LogP contribution in [0.25, 0.3) is 0 Å². The summed E-state index contributed by atoms with van der Waals surface area (Å²) in [5, 5.41) is 0. The zero-order valence-electron chi connectivity index (χ0n) is 21.6. The zero-order chi connectivity index (χ0) is 25.0. The maximum Gasteiger partial charge on any atom is 0.119 e. The molecule has 0 bridgehead atoms. The first-order valence-electron chi connectivity index (χ1n) is 11.8. The molecule has 198 valence electrons. The topological polar surface area (TPSA) is 40.7 Å². The molecule has 0 amide bonds. The molecule has 0 unspecified atom stereocenters. The molecule has 0 heterocycles. The first-order chi connectivity index (χ1) is 16.7. The van der Waals surface area contributed by atoms with Crippen LogP contribution in [0.2, 0.25) is 0 Å². The Morgan fingerprint density at radius 1 is 0.571 bits per heavy atom. The molecule has 0 spiro atoms. The molecule has 0 atom stereocenters. The van der Waals surface area contributed by atoms with Crippen LogP contribution in [0.4, 0.5) is 0 Å². The van der Waals surface area contributed by atoms with Gasteiger partial charge in [0.15, 0.2) is 0 Å². The summed E-state index contributed by atoms with van der Waals surface area (Å²) >= 11 is 0. The van der Waals surface area contributed by atoms with Gasteiger partial charge in [0.05, 0.1) is 6.61 Å². The molecule has 0 radical (unpaired) electrons.